The summed E-state index contributed by atoms with van der Waals surface area (Å²) >= 11 is 1.86. The Morgan fingerprint density at radius 1 is 0.542 bits per heavy atom. The number of para-hydroxylation sites is 2. The highest BCUT2D eigenvalue weighted by Gasteiger charge is 2.23. The third kappa shape index (κ3) is 6.10. The predicted molar refractivity (Wildman–Crippen MR) is 255 cm³/mol. The predicted octanol–water partition coefficient (Wildman–Crippen LogP) is 16.6. The fraction of sp³-hybridized carbons (Fsp3) is 0.0357. The Bertz CT molecular complexity index is 3430. The summed E-state index contributed by atoms with van der Waals surface area (Å²) in [4.78, 5) is 2.45. The fourth-order valence-corrected chi connectivity index (χ4v) is 10.0. The average Bonchev–Trinajstić information content (AvgIpc) is 3.86. The van der Waals surface area contributed by atoms with Gasteiger partial charge in [0, 0.05) is 43.1 Å². The number of anilines is 3. The Hall–Kier alpha value is -7.20. The number of thiophene rings is 1. The molecule has 280 valence electrons. The van der Waals surface area contributed by atoms with E-state index in [-0.39, 0.29) is 0 Å². The summed E-state index contributed by atoms with van der Waals surface area (Å²) in [5.74, 6) is 0. The monoisotopic (exact) mass is 773 g/mol. The van der Waals surface area contributed by atoms with Crippen LogP contribution in [0.15, 0.2) is 211 Å². The molecule has 0 spiro atoms. The lowest BCUT2D eigenvalue weighted by Gasteiger charge is -2.28. The molecule has 0 fully saturated rings. The summed E-state index contributed by atoms with van der Waals surface area (Å²) in [7, 11) is 0. The van der Waals surface area contributed by atoms with Crippen LogP contribution in [-0.2, 0) is 6.42 Å². The van der Waals surface area contributed by atoms with Crippen molar-refractivity contribution in [2.45, 2.75) is 13.3 Å². The minimum absolute atomic E-state index is 0.827. The van der Waals surface area contributed by atoms with Crippen molar-refractivity contribution in [2.75, 3.05) is 4.90 Å². The summed E-state index contributed by atoms with van der Waals surface area (Å²) in [6, 6.07) is 68.0. The first-order valence-electron chi connectivity index (χ1n) is 20.3. The number of fused-ring (bicyclic) bond motifs is 8. The van der Waals surface area contributed by atoms with Crippen molar-refractivity contribution in [3.63, 3.8) is 0 Å². The first kappa shape index (κ1) is 35.0. The number of benzene rings is 9. The molecule has 2 nitrogen and oxygen atoms in total. The molecule has 11 aromatic rings. The van der Waals surface area contributed by atoms with Crippen LogP contribution in [0.3, 0.4) is 0 Å². The van der Waals surface area contributed by atoms with Gasteiger partial charge in [0.25, 0.3) is 0 Å². The molecule has 59 heavy (non-hydrogen) atoms. The van der Waals surface area contributed by atoms with Gasteiger partial charge >= 0.3 is 0 Å². The van der Waals surface area contributed by atoms with Crippen molar-refractivity contribution < 1.29 is 4.42 Å². The van der Waals surface area contributed by atoms with Crippen molar-refractivity contribution in [3.8, 4) is 11.1 Å². The molecule has 0 aliphatic carbocycles. The molecule has 0 bridgehead atoms. The molecule has 0 aliphatic heterocycles. The molecule has 0 atom stereocenters. The Morgan fingerprint density at radius 2 is 1.19 bits per heavy atom. The highest BCUT2D eigenvalue weighted by atomic mass is 32.1. The minimum Gasteiger partial charge on any atom is -0.455 e. The number of nitrogens with zero attached hydrogens (tertiary/aromatic N) is 1. The van der Waals surface area contributed by atoms with Crippen LogP contribution in [0.5, 0.6) is 0 Å². The van der Waals surface area contributed by atoms with Crippen LogP contribution in [-0.4, -0.2) is 0 Å². The largest absolute Gasteiger partial charge is 0.455 e. The molecule has 0 amide bonds. The van der Waals surface area contributed by atoms with Gasteiger partial charge in [-0.15, -0.1) is 11.3 Å². The summed E-state index contributed by atoms with van der Waals surface area (Å²) in [5.41, 5.74) is 11.1. The molecule has 0 aliphatic rings. The van der Waals surface area contributed by atoms with Crippen molar-refractivity contribution in [2.24, 2.45) is 0 Å². The Morgan fingerprint density at radius 3 is 2.05 bits per heavy atom. The number of hydrogen-bond donors (Lipinski definition) is 0. The van der Waals surface area contributed by atoms with Crippen molar-refractivity contribution in [1.29, 1.82) is 0 Å². The van der Waals surface area contributed by atoms with Gasteiger partial charge in [-0.25, -0.2) is 0 Å². The third-order valence-electron chi connectivity index (χ3n) is 11.7. The van der Waals surface area contributed by atoms with Gasteiger partial charge in [0.15, 0.2) is 0 Å². The van der Waals surface area contributed by atoms with Crippen molar-refractivity contribution >= 4 is 97.6 Å². The van der Waals surface area contributed by atoms with Gasteiger partial charge in [-0.1, -0.05) is 164 Å². The van der Waals surface area contributed by atoms with E-state index in [1.54, 1.807) is 0 Å². The topological polar surface area (TPSA) is 16.4 Å². The molecular weight excluding hydrogens is 735 g/mol. The zero-order valence-electron chi connectivity index (χ0n) is 32.6. The Balaban J connectivity index is 1.02. The summed E-state index contributed by atoms with van der Waals surface area (Å²) < 4.78 is 9.35. The second-order valence-electron chi connectivity index (χ2n) is 15.1. The minimum atomic E-state index is 0.827. The fourth-order valence-electron chi connectivity index (χ4n) is 8.83. The quantitative estimate of drug-likeness (QED) is 0.143. The molecule has 0 N–H and O–H groups in total. The van der Waals surface area contributed by atoms with Crippen LogP contribution in [0.1, 0.15) is 18.1 Å². The number of hydrogen-bond acceptors (Lipinski definition) is 3. The lowest BCUT2D eigenvalue weighted by Crippen LogP contribution is -2.11. The van der Waals surface area contributed by atoms with Crippen LogP contribution in [0, 0.1) is 0 Å². The molecular formula is C56H39NOS. The van der Waals surface area contributed by atoms with Crippen LogP contribution in [0.2, 0.25) is 0 Å². The molecule has 11 rings (SSSR count). The number of furan rings is 1. The van der Waals surface area contributed by atoms with Gasteiger partial charge < -0.3 is 9.32 Å². The number of allylic oxidation sites excluding steroid dienone is 4. The van der Waals surface area contributed by atoms with E-state index in [0.717, 1.165) is 56.5 Å². The van der Waals surface area contributed by atoms with Crippen LogP contribution < -0.4 is 4.90 Å². The van der Waals surface area contributed by atoms with Gasteiger partial charge in [0.05, 0.1) is 16.1 Å². The zero-order chi connectivity index (χ0) is 39.3. The second-order valence-corrected chi connectivity index (χ2v) is 16.2. The maximum Gasteiger partial charge on any atom is 0.143 e. The smallest absolute Gasteiger partial charge is 0.143 e. The van der Waals surface area contributed by atoms with Crippen molar-refractivity contribution in [1.82, 2.24) is 0 Å². The molecule has 0 saturated carbocycles. The van der Waals surface area contributed by atoms with Crippen LogP contribution >= 0.6 is 11.3 Å². The van der Waals surface area contributed by atoms with Gasteiger partial charge in [0.1, 0.15) is 11.2 Å². The van der Waals surface area contributed by atoms with Crippen molar-refractivity contribution in [3.05, 3.63) is 217 Å². The normalized spacial score (nSPS) is 12.3. The maximum absolute atomic E-state index is 6.80. The zero-order valence-corrected chi connectivity index (χ0v) is 33.4. The van der Waals surface area contributed by atoms with E-state index in [9.17, 15) is 0 Å². The van der Waals surface area contributed by atoms with Gasteiger partial charge in [-0.3, -0.25) is 0 Å². The first-order valence-corrected chi connectivity index (χ1v) is 21.1. The van der Waals surface area contributed by atoms with E-state index in [2.05, 4.69) is 218 Å². The van der Waals surface area contributed by atoms with E-state index in [1.165, 1.54) is 58.4 Å². The standard InChI is InChI=1S/C56H39NOS/c1-2-38(43-24-12-20-39-16-5-6-21-44(39)43)19-11-15-37-31-33-42(34-32-37)57(52-29-14-27-49-46-23-8-10-30-54(46)59-56(49)52)51-28-9-7-22-45(51)47-25-13-26-48-50-35-40-17-3-4-18-41(40)36-53(50)58-55(47)48/h2-14,16-36H,15H2,1H3/b19-11-,38-2+. The SMILES string of the molecule is C/C=C(\C=C/Cc1ccc(N(c2ccccc2-c2cccc3c2oc2cc4ccccc4cc23)c2cccc3c2sc2ccccc23)cc1)c1cccc2ccccc12. The van der Waals surface area contributed by atoms with Crippen LogP contribution in [0.25, 0.3) is 80.4 Å². The molecule has 9 aromatic carbocycles. The summed E-state index contributed by atoms with van der Waals surface area (Å²) in [6.07, 6.45) is 7.59. The first-order chi connectivity index (χ1) is 29.2. The number of rotatable bonds is 8. The van der Waals surface area contributed by atoms with E-state index in [0.29, 0.717) is 0 Å². The molecule has 0 saturated heterocycles. The Labute approximate surface area is 347 Å². The van der Waals surface area contributed by atoms with E-state index < -0.39 is 0 Å². The van der Waals surface area contributed by atoms with Gasteiger partial charge in [0.2, 0.25) is 0 Å². The highest BCUT2D eigenvalue weighted by Crippen LogP contribution is 2.48. The average molecular weight is 774 g/mol. The molecule has 2 aromatic heterocycles. The van der Waals surface area contributed by atoms with Gasteiger partial charge in [-0.05, 0) is 94.1 Å². The van der Waals surface area contributed by atoms with Gasteiger partial charge in [-0.2, -0.15) is 0 Å². The molecule has 0 unspecified atom stereocenters. The Kier molecular flexibility index (Phi) is 8.68. The second kappa shape index (κ2) is 14.6. The maximum atomic E-state index is 6.80. The summed E-state index contributed by atoms with van der Waals surface area (Å²) in [6.45, 7) is 2.12. The molecule has 2 heterocycles. The molecule has 0 radical (unpaired) electrons. The highest BCUT2D eigenvalue weighted by molar-refractivity contribution is 7.26. The summed E-state index contributed by atoms with van der Waals surface area (Å²) in [5, 5.41) is 9.73. The van der Waals surface area contributed by atoms with E-state index in [1.807, 2.05) is 11.3 Å². The lowest BCUT2D eigenvalue weighted by atomic mass is 9.97. The van der Waals surface area contributed by atoms with Crippen LogP contribution in [0.4, 0.5) is 17.1 Å². The molecule has 3 heteroatoms. The van der Waals surface area contributed by atoms with E-state index >= 15 is 0 Å². The third-order valence-corrected chi connectivity index (χ3v) is 12.9. The van der Waals surface area contributed by atoms with E-state index in [4.69, 9.17) is 4.42 Å². The lowest BCUT2D eigenvalue weighted by molar-refractivity contribution is 0.670.